The zero-order valence-corrected chi connectivity index (χ0v) is 14.4. The fraction of sp³-hybridized carbons (Fsp3) is 0.562. The quantitative estimate of drug-likeness (QED) is 0.674. The van der Waals surface area contributed by atoms with Crippen molar-refractivity contribution in [3.63, 3.8) is 0 Å². The Balaban J connectivity index is 2.55. The van der Waals surface area contributed by atoms with Crippen LogP contribution in [0.4, 0.5) is 4.39 Å². The van der Waals surface area contributed by atoms with E-state index in [0.29, 0.717) is 17.8 Å². The van der Waals surface area contributed by atoms with Gasteiger partial charge in [0.2, 0.25) is 0 Å². The van der Waals surface area contributed by atoms with Crippen molar-refractivity contribution in [3.05, 3.63) is 29.8 Å². The number of rotatable bonds is 7. The van der Waals surface area contributed by atoms with Crippen LogP contribution in [0.1, 0.15) is 32.5 Å². The van der Waals surface area contributed by atoms with Crippen LogP contribution >= 0.6 is 23.4 Å². The molecule has 2 rings (SSSR count). The Hall–Kier alpha value is -0.740. The van der Waals surface area contributed by atoms with E-state index in [0.717, 1.165) is 30.7 Å². The van der Waals surface area contributed by atoms with Crippen LogP contribution < -0.4 is 0 Å². The van der Waals surface area contributed by atoms with E-state index in [-0.39, 0.29) is 10.6 Å². The number of hydrogen-bond donors (Lipinski definition) is 0. The summed E-state index contributed by atoms with van der Waals surface area (Å²) in [5, 5.41) is 0. The van der Waals surface area contributed by atoms with Crippen LogP contribution in [0.5, 0.6) is 0 Å². The number of hydrogen-bond acceptors (Lipinski definition) is 2. The summed E-state index contributed by atoms with van der Waals surface area (Å²) >= 11 is 7.78. The highest BCUT2D eigenvalue weighted by Crippen LogP contribution is 2.34. The summed E-state index contributed by atoms with van der Waals surface area (Å²) < 4.78 is 16.3. The van der Waals surface area contributed by atoms with Crippen molar-refractivity contribution in [3.8, 4) is 0 Å². The monoisotopic (exact) mass is 328 g/mol. The molecule has 21 heavy (non-hydrogen) atoms. The Morgan fingerprint density at radius 2 is 2.05 bits per heavy atom. The van der Waals surface area contributed by atoms with Crippen LogP contribution in [0.15, 0.2) is 18.2 Å². The number of nitrogens with zero attached hydrogens (tertiary/aromatic N) is 2. The molecule has 0 aliphatic rings. The van der Waals surface area contributed by atoms with Gasteiger partial charge in [0.1, 0.15) is 11.3 Å². The molecule has 0 N–H and O–H groups in total. The van der Waals surface area contributed by atoms with Crippen LogP contribution in [0.25, 0.3) is 11.0 Å². The first-order valence-corrected chi connectivity index (χ1v) is 9.11. The molecular weight excluding hydrogens is 307 g/mol. The Morgan fingerprint density at radius 3 is 2.62 bits per heavy atom. The topological polar surface area (TPSA) is 17.8 Å². The van der Waals surface area contributed by atoms with Gasteiger partial charge in [0.15, 0.2) is 5.82 Å². The Bertz CT molecular complexity index is 599. The third-order valence-corrected chi connectivity index (χ3v) is 6.06. The van der Waals surface area contributed by atoms with E-state index in [9.17, 15) is 4.39 Å². The van der Waals surface area contributed by atoms with Crippen LogP contribution in [0.2, 0.25) is 0 Å². The van der Waals surface area contributed by atoms with Gasteiger partial charge in [0.05, 0.1) is 5.52 Å². The second kappa shape index (κ2) is 7.01. The van der Waals surface area contributed by atoms with Gasteiger partial charge in [0.25, 0.3) is 0 Å². The number of para-hydroxylation sites is 1. The Morgan fingerprint density at radius 1 is 1.33 bits per heavy atom. The molecule has 116 valence electrons. The lowest BCUT2D eigenvalue weighted by atomic mass is 10.0. The summed E-state index contributed by atoms with van der Waals surface area (Å²) in [7, 11) is 0. The van der Waals surface area contributed by atoms with E-state index in [1.807, 2.05) is 17.8 Å². The van der Waals surface area contributed by atoms with Crippen molar-refractivity contribution in [1.82, 2.24) is 9.55 Å². The highest BCUT2D eigenvalue weighted by atomic mass is 35.5. The smallest absolute Gasteiger partial charge is 0.151 e. The predicted octanol–water partition coefficient (Wildman–Crippen LogP) is 4.88. The number of aromatic nitrogens is 2. The second-order valence-corrected chi connectivity index (χ2v) is 6.91. The SMILES string of the molecule is CCC(CC)(Cn1c(CCCl)nc2c(F)cccc21)SC. The van der Waals surface area contributed by atoms with Gasteiger partial charge in [-0.1, -0.05) is 19.9 Å². The minimum atomic E-state index is -0.259. The number of benzene rings is 1. The first kappa shape index (κ1) is 16.6. The second-order valence-electron chi connectivity index (χ2n) is 5.25. The minimum absolute atomic E-state index is 0.154. The summed E-state index contributed by atoms with van der Waals surface area (Å²) in [6, 6.07) is 5.16. The van der Waals surface area contributed by atoms with Gasteiger partial charge in [-0.05, 0) is 31.2 Å². The van der Waals surface area contributed by atoms with E-state index in [4.69, 9.17) is 11.6 Å². The molecule has 1 aromatic heterocycles. The molecule has 0 saturated carbocycles. The molecule has 0 saturated heterocycles. The third kappa shape index (κ3) is 3.21. The molecule has 1 heterocycles. The number of halogens is 2. The molecule has 0 amide bonds. The molecule has 0 aliphatic heterocycles. The average Bonchev–Trinajstić information content (AvgIpc) is 2.85. The molecule has 0 radical (unpaired) electrons. The highest BCUT2D eigenvalue weighted by Gasteiger charge is 2.27. The predicted molar refractivity (Wildman–Crippen MR) is 90.9 cm³/mol. The van der Waals surface area contributed by atoms with Crippen LogP contribution in [-0.2, 0) is 13.0 Å². The molecule has 0 fully saturated rings. The molecule has 0 unspecified atom stereocenters. The van der Waals surface area contributed by atoms with Gasteiger partial charge in [-0.2, -0.15) is 11.8 Å². The number of thioether (sulfide) groups is 1. The maximum atomic E-state index is 14.0. The number of alkyl halides is 1. The molecule has 0 spiro atoms. The number of imidazole rings is 1. The van der Waals surface area contributed by atoms with Gasteiger partial charge >= 0.3 is 0 Å². The zero-order chi connectivity index (χ0) is 15.5. The van der Waals surface area contributed by atoms with Crippen molar-refractivity contribution >= 4 is 34.4 Å². The van der Waals surface area contributed by atoms with Crippen LogP contribution in [-0.4, -0.2) is 26.4 Å². The lowest BCUT2D eigenvalue weighted by Gasteiger charge is -2.31. The van der Waals surface area contributed by atoms with Crippen LogP contribution in [0, 0.1) is 5.82 Å². The van der Waals surface area contributed by atoms with Crippen LogP contribution in [0.3, 0.4) is 0 Å². The van der Waals surface area contributed by atoms with E-state index in [1.165, 1.54) is 6.07 Å². The van der Waals surface area contributed by atoms with E-state index in [2.05, 4.69) is 29.7 Å². The summed E-state index contributed by atoms with van der Waals surface area (Å²) in [6.45, 7) is 5.26. The molecule has 2 nitrogen and oxygen atoms in total. The van der Waals surface area contributed by atoms with E-state index in [1.54, 1.807) is 6.07 Å². The van der Waals surface area contributed by atoms with Crippen molar-refractivity contribution < 1.29 is 4.39 Å². The summed E-state index contributed by atoms with van der Waals surface area (Å²) in [5.74, 6) is 1.12. The first-order valence-electron chi connectivity index (χ1n) is 7.35. The van der Waals surface area contributed by atoms with Gasteiger partial charge in [0, 0.05) is 23.6 Å². The minimum Gasteiger partial charge on any atom is -0.326 e. The lowest BCUT2D eigenvalue weighted by molar-refractivity contribution is 0.464. The molecule has 5 heteroatoms. The fourth-order valence-corrected chi connectivity index (χ4v) is 3.73. The maximum Gasteiger partial charge on any atom is 0.151 e. The Labute approximate surface area is 135 Å². The number of fused-ring (bicyclic) bond motifs is 1. The fourth-order valence-electron chi connectivity index (χ4n) is 2.73. The molecule has 1 aromatic carbocycles. The van der Waals surface area contributed by atoms with Gasteiger partial charge in [-0.3, -0.25) is 0 Å². The molecule has 0 bridgehead atoms. The summed E-state index contributed by atoms with van der Waals surface area (Å²) in [6.07, 6.45) is 4.95. The van der Waals surface area contributed by atoms with Gasteiger partial charge in [-0.15, -0.1) is 11.6 Å². The molecule has 0 aliphatic carbocycles. The lowest BCUT2D eigenvalue weighted by Crippen LogP contribution is -2.29. The molecular formula is C16H22ClFN2S. The maximum absolute atomic E-state index is 14.0. The first-order chi connectivity index (χ1) is 10.1. The zero-order valence-electron chi connectivity index (χ0n) is 12.8. The average molecular weight is 329 g/mol. The summed E-state index contributed by atoms with van der Waals surface area (Å²) in [4.78, 5) is 4.48. The highest BCUT2D eigenvalue weighted by molar-refractivity contribution is 8.00. The molecule has 0 atom stereocenters. The van der Waals surface area contributed by atoms with Crippen molar-refractivity contribution in [1.29, 1.82) is 0 Å². The Kier molecular flexibility index (Phi) is 5.55. The summed E-state index contributed by atoms with van der Waals surface area (Å²) in [5.41, 5.74) is 1.33. The van der Waals surface area contributed by atoms with Crippen molar-refractivity contribution in [2.75, 3.05) is 12.1 Å². The van der Waals surface area contributed by atoms with Crippen molar-refractivity contribution in [2.45, 2.75) is 44.4 Å². The van der Waals surface area contributed by atoms with E-state index < -0.39 is 0 Å². The van der Waals surface area contributed by atoms with Gasteiger partial charge in [-0.25, -0.2) is 9.37 Å². The van der Waals surface area contributed by atoms with Gasteiger partial charge < -0.3 is 4.57 Å². The van der Waals surface area contributed by atoms with E-state index >= 15 is 0 Å². The normalized spacial score (nSPS) is 12.2. The standard InChI is InChI=1S/C16H22ClFN2S/c1-4-16(5-2,21-3)11-20-13-8-6-7-12(18)15(13)19-14(20)9-10-17/h6-8H,4-5,9-11H2,1-3H3. The van der Waals surface area contributed by atoms with Crippen molar-refractivity contribution in [2.24, 2.45) is 0 Å². The third-order valence-electron chi connectivity index (χ3n) is 4.29. The number of aryl methyl sites for hydroxylation is 1. The molecule has 2 aromatic rings. The largest absolute Gasteiger partial charge is 0.326 e.